The van der Waals surface area contributed by atoms with E-state index in [9.17, 15) is 13.6 Å². The summed E-state index contributed by atoms with van der Waals surface area (Å²) < 4.78 is 28.4. The number of nitrogens with one attached hydrogen (secondary N) is 2. The summed E-state index contributed by atoms with van der Waals surface area (Å²) in [6, 6.07) is 11.0. The van der Waals surface area contributed by atoms with Gasteiger partial charge in [-0.15, -0.1) is 0 Å². The molecule has 9 heteroatoms. The lowest BCUT2D eigenvalue weighted by Crippen LogP contribution is -2.14. The molecule has 0 radical (unpaired) electrons. The number of carbonyl (C=O) groups is 1. The van der Waals surface area contributed by atoms with E-state index in [1.54, 1.807) is 18.2 Å². The molecule has 0 bridgehead atoms. The van der Waals surface area contributed by atoms with Crippen LogP contribution in [0, 0.1) is 0 Å². The van der Waals surface area contributed by atoms with Gasteiger partial charge in [-0.2, -0.15) is 8.78 Å². The number of aromatic amines is 1. The van der Waals surface area contributed by atoms with Gasteiger partial charge in [0.25, 0.3) is 0 Å². The van der Waals surface area contributed by atoms with E-state index >= 15 is 0 Å². The molecule has 0 saturated heterocycles. The van der Waals surface area contributed by atoms with Crippen LogP contribution >= 0.6 is 23.4 Å². The maximum atomic E-state index is 12.1. The second-order valence-corrected chi connectivity index (χ2v) is 6.34. The number of benzene rings is 2. The Bertz CT molecular complexity index is 887. The van der Waals surface area contributed by atoms with Gasteiger partial charge in [0, 0.05) is 10.7 Å². The molecule has 3 aromatic rings. The van der Waals surface area contributed by atoms with Crippen molar-refractivity contribution in [3.05, 3.63) is 47.5 Å². The fourth-order valence-corrected chi connectivity index (χ4v) is 2.93. The molecule has 0 unspecified atom stereocenters. The van der Waals surface area contributed by atoms with Crippen molar-refractivity contribution in [2.45, 2.75) is 11.8 Å². The Balaban J connectivity index is 1.55. The van der Waals surface area contributed by atoms with Crippen LogP contribution in [0.3, 0.4) is 0 Å². The number of hydrogen-bond acceptors (Lipinski definition) is 4. The van der Waals surface area contributed by atoms with E-state index in [-0.39, 0.29) is 17.4 Å². The average molecular weight is 384 g/mol. The van der Waals surface area contributed by atoms with Crippen LogP contribution in [0.1, 0.15) is 0 Å². The first-order chi connectivity index (χ1) is 12.0. The normalized spacial score (nSPS) is 11.0. The molecular formula is C16H12ClF2N3O2S. The Hall–Kier alpha value is -2.32. The molecule has 2 aromatic carbocycles. The number of anilines is 1. The highest BCUT2D eigenvalue weighted by Crippen LogP contribution is 2.23. The van der Waals surface area contributed by atoms with Crippen molar-refractivity contribution < 1.29 is 18.3 Å². The van der Waals surface area contributed by atoms with E-state index in [2.05, 4.69) is 20.0 Å². The SMILES string of the molecule is O=C(CSc1nc2ccc(Cl)cc2[nH]1)Nc1ccc(OC(F)F)cc1. The minimum Gasteiger partial charge on any atom is -0.435 e. The molecular weight excluding hydrogens is 372 g/mol. The number of fused-ring (bicyclic) bond motifs is 1. The lowest BCUT2D eigenvalue weighted by Gasteiger charge is -2.07. The van der Waals surface area contributed by atoms with Gasteiger partial charge < -0.3 is 15.0 Å². The standard InChI is InChI=1S/C16H12ClF2N3O2S/c17-9-1-6-12-13(7-9)22-16(21-12)25-8-14(23)20-10-2-4-11(5-3-10)24-15(18)19/h1-7,15H,8H2,(H,20,23)(H,21,22). The first-order valence-corrected chi connectivity index (χ1v) is 8.49. The fourth-order valence-electron chi connectivity index (χ4n) is 2.08. The van der Waals surface area contributed by atoms with Crippen LogP contribution in [0.2, 0.25) is 5.02 Å². The number of amides is 1. The number of nitrogens with zero attached hydrogens (tertiary/aromatic N) is 1. The number of ether oxygens (including phenoxy) is 1. The molecule has 0 aliphatic heterocycles. The van der Waals surface area contributed by atoms with Crippen LogP contribution in [0.4, 0.5) is 14.5 Å². The van der Waals surface area contributed by atoms with E-state index in [4.69, 9.17) is 11.6 Å². The van der Waals surface area contributed by atoms with Gasteiger partial charge in [0.2, 0.25) is 5.91 Å². The first-order valence-electron chi connectivity index (χ1n) is 7.12. The maximum Gasteiger partial charge on any atom is 0.387 e. The lowest BCUT2D eigenvalue weighted by atomic mass is 10.3. The molecule has 0 atom stereocenters. The highest BCUT2D eigenvalue weighted by atomic mass is 35.5. The van der Waals surface area contributed by atoms with Gasteiger partial charge in [-0.3, -0.25) is 4.79 Å². The highest BCUT2D eigenvalue weighted by molar-refractivity contribution is 7.99. The third-order valence-corrected chi connectivity index (χ3v) is 4.23. The second kappa shape index (κ2) is 7.71. The van der Waals surface area contributed by atoms with Gasteiger partial charge in [-0.1, -0.05) is 23.4 Å². The van der Waals surface area contributed by atoms with Gasteiger partial charge in [0.1, 0.15) is 5.75 Å². The Kier molecular flexibility index (Phi) is 5.40. The molecule has 1 amide bonds. The quantitative estimate of drug-likeness (QED) is 0.613. The summed E-state index contributed by atoms with van der Waals surface area (Å²) in [5, 5.41) is 3.88. The lowest BCUT2D eigenvalue weighted by molar-refractivity contribution is -0.113. The fraction of sp³-hybridized carbons (Fsp3) is 0.125. The number of alkyl halides is 2. The largest absolute Gasteiger partial charge is 0.435 e. The van der Waals surface area contributed by atoms with Gasteiger partial charge in [0.05, 0.1) is 16.8 Å². The summed E-state index contributed by atoms with van der Waals surface area (Å²) in [7, 11) is 0. The predicted molar refractivity (Wildman–Crippen MR) is 93.5 cm³/mol. The molecule has 0 saturated carbocycles. The molecule has 5 nitrogen and oxygen atoms in total. The number of aromatic nitrogens is 2. The number of hydrogen-bond donors (Lipinski definition) is 2. The number of H-pyrrole nitrogens is 1. The van der Waals surface area contributed by atoms with Crippen molar-refractivity contribution in [3.63, 3.8) is 0 Å². The van der Waals surface area contributed by atoms with E-state index in [1.807, 2.05) is 0 Å². The average Bonchev–Trinajstić information content (AvgIpc) is 2.96. The van der Waals surface area contributed by atoms with Crippen LogP contribution in [-0.4, -0.2) is 28.2 Å². The zero-order valence-electron chi connectivity index (χ0n) is 12.6. The zero-order chi connectivity index (χ0) is 17.8. The number of rotatable bonds is 6. The first kappa shape index (κ1) is 17.5. The van der Waals surface area contributed by atoms with Crippen molar-refractivity contribution in [2.24, 2.45) is 0 Å². The van der Waals surface area contributed by atoms with Crippen molar-refractivity contribution in [3.8, 4) is 5.75 Å². The number of thioether (sulfide) groups is 1. The smallest absolute Gasteiger partial charge is 0.387 e. The van der Waals surface area contributed by atoms with Crippen molar-refractivity contribution >= 4 is 46.0 Å². The number of imidazole rings is 1. The molecule has 1 heterocycles. The molecule has 1 aromatic heterocycles. The summed E-state index contributed by atoms with van der Waals surface area (Å²) in [5.41, 5.74) is 2.05. The second-order valence-electron chi connectivity index (χ2n) is 4.94. The molecule has 2 N–H and O–H groups in total. The number of carbonyl (C=O) groups excluding carboxylic acids is 1. The topological polar surface area (TPSA) is 67.0 Å². The summed E-state index contributed by atoms with van der Waals surface area (Å²) in [4.78, 5) is 19.4. The van der Waals surface area contributed by atoms with E-state index in [0.717, 1.165) is 11.0 Å². The minimum absolute atomic E-state index is 0.0308. The van der Waals surface area contributed by atoms with Gasteiger partial charge >= 0.3 is 6.61 Å². The van der Waals surface area contributed by atoms with Crippen LogP contribution in [0.15, 0.2) is 47.6 Å². The van der Waals surface area contributed by atoms with Crippen LogP contribution in [0.25, 0.3) is 11.0 Å². The minimum atomic E-state index is -2.88. The monoisotopic (exact) mass is 383 g/mol. The maximum absolute atomic E-state index is 12.1. The van der Waals surface area contributed by atoms with Gasteiger partial charge in [-0.25, -0.2) is 4.98 Å². The van der Waals surface area contributed by atoms with Gasteiger partial charge in [0.15, 0.2) is 5.16 Å². The van der Waals surface area contributed by atoms with Crippen molar-refractivity contribution in [2.75, 3.05) is 11.1 Å². The Labute approximate surface area is 150 Å². The molecule has 0 aliphatic carbocycles. The summed E-state index contributed by atoms with van der Waals surface area (Å²) in [6.45, 7) is -2.88. The summed E-state index contributed by atoms with van der Waals surface area (Å²) in [5.74, 6) is -0.0719. The van der Waals surface area contributed by atoms with Crippen LogP contribution in [0.5, 0.6) is 5.75 Å². The molecule has 0 spiro atoms. The van der Waals surface area contributed by atoms with Crippen LogP contribution in [-0.2, 0) is 4.79 Å². The summed E-state index contributed by atoms with van der Waals surface area (Å²) in [6.07, 6.45) is 0. The van der Waals surface area contributed by atoms with Crippen LogP contribution < -0.4 is 10.1 Å². The zero-order valence-corrected chi connectivity index (χ0v) is 14.2. The molecule has 3 rings (SSSR count). The Morgan fingerprint density at radius 1 is 1.28 bits per heavy atom. The molecule has 0 fully saturated rings. The molecule has 0 aliphatic rings. The summed E-state index contributed by atoms with van der Waals surface area (Å²) >= 11 is 7.16. The van der Waals surface area contributed by atoms with E-state index in [0.29, 0.717) is 15.9 Å². The number of halogens is 3. The predicted octanol–water partition coefficient (Wildman–Crippen LogP) is 4.55. The third-order valence-electron chi connectivity index (χ3n) is 3.13. The molecule has 25 heavy (non-hydrogen) atoms. The van der Waals surface area contributed by atoms with Crippen molar-refractivity contribution in [1.29, 1.82) is 0 Å². The Morgan fingerprint density at radius 2 is 2.04 bits per heavy atom. The van der Waals surface area contributed by atoms with E-state index < -0.39 is 6.61 Å². The highest BCUT2D eigenvalue weighted by Gasteiger charge is 2.09. The Morgan fingerprint density at radius 3 is 2.76 bits per heavy atom. The molecule has 130 valence electrons. The van der Waals surface area contributed by atoms with Gasteiger partial charge in [-0.05, 0) is 42.5 Å². The van der Waals surface area contributed by atoms with Crippen molar-refractivity contribution in [1.82, 2.24) is 9.97 Å². The van der Waals surface area contributed by atoms with E-state index in [1.165, 1.54) is 36.0 Å². The third kappa shape index (κ3) is 4.83.